The molecule has 2 aromatic rings. The number of carbonyl (C=O) groups is 2. The molecule has 2 saturated heterocycles. The lowest BCUT2D eigenvalue weighted by atomic mass is 10.1. The van der Waals surface area contributed by atoms with Crippen LogP contribution in [0.4, 0.5) is 4.39 Å². The summed E-state index contributed by atoms with van der Waals surface area (Å²) in [4.78, 5) is 27.6. The summed E-state index contributed by atoms with van der Waals surface area (Å²) in [6.07, 6.45) is 3.56. The van der Waals surface area contributed by atoms with Crippen molar-refractivity contribution < 1.29 is 18.7 Å². The first-order valence-electron chi connectivity index (χ1n) is 10.9. The maximum absolute atomic E-state index is 13.5. The van der Waals surface area contributed by atoms with Gasteiger partial charge in [-0.3, -0.25) is 9.59 Å². The van der Waals surface area contributed by atoms with Crippen molar-refractivity contribution in [1.29, 1.82) is 0 Å². The second-order valence-electron chi connectivity index (χ2n) is 8.11. The molecule has 0 atom stereocenters. The molecule has 0 aromatic heterocycles. The third-order valence-electron chi connectivity index (χ3n) is 5.59. The molecular formula is C25H31FN2O3. The van der Waals surface area contributed by atoms with Gasteiger partial charge in [-0.15, -0.1) is 0 Å². The number of ether oxygens (including phenoxy) is 1. The van der Waals surface area contributed by atoms with Crippen LogP contribution in [0.5, 0.6) is 0 Å². The van der Waals surface area contributed by atoms with Gasteiger partial charge in [-0.1, -0.05) is 29.3 Å². The van der Waals surface area contributed by atoms with Gasteiger partial charge in [0.25, 0.3) is 11.8 Å². The molecule has 0 aliphatic carbocycles. The van der Waals surface area contributed by atoms with Gasteiger partial charge in [0.1, 0.15) is 5.82 Å². The molecular weight excluding hydrogens is 395 g/mol. The van der Waals surface area contributed by atoms with Crippen LogP contribution in [0.25, 0.3) is 0 Å². The van der Waals surface area contributed by atoms with E-state index in [-0.39, 0.29) is 17.4 Å². The summed E-state index contributed by atoms with van der Waals surface area (Å²) in [6.45, 7) is 7.85. The van der Waals surface area contributed by atoms with Gasteiger partial charge in [-0.25, -0.2) is 4.39 Å². The van der Waals surface area contributed by atoms with Crippen LogP contribution in [0.3, 0.4) is 0 Å². The molecule has 0 radical (unpaired) electrons. The summed E-state index contributed by atoms with van der Waals surface area (Å²) in [5, 5.41) is 0. The molecule has 2 fully saturated rings. The summed E-state index contributed by atoms with van der Waals surface area (Å²) >= 11 is 0. The van der Waals surface area contributed by atoms with Gasteiger partial charge in [-0.05, 0) is 57.4 Å². The van der Waals surface area contributed by atoms with Crippen LogP contribution < -0.4 is 0 Å². The average molecular weight is 427 g/mol. The van der Waals surface area contributed by atoms with Crippen LogP contribution in [-0.4, -0.2) is 61.0 Å². The number of nitrogens with zero attached hydrogens (tertiary/aromatic N) is 2. The first-order valence-corrected chi connectivity index (χ1v) is 10.9. The zero-order valence-electron chi connectivity index (χ0n) is 18.4. The fraction of sp³-hybridized carbons (Fsp3) is 0.440. The van der Waals surface area contributed by atoms with Crippen molar-refractivity contribution in [2.75, 3.05) is 39.4 Å². The number of benzene rings is 2. The molecule has 2 aromatic carbocycles. The van der Waals surface area contributed by atoms with E-state index in [2.05, 4.69) is 0 Å². The molecule has 4 rings (SSSR count). The van der Waals surface area contributed by atoms with Crippen molar-refractivity contribution in [3.63, 3.8) is 0 Å². The van der Waals surface area contributed by atoms with Crippen LogP contribution >= 0.6 is 0 Å². The number of hydrogen-bond donors (Lipinski definition) is 0. The Morgan fingerprint density at radius 3 is 2.00 bits per heavy atom. The SMILES string of the molecule is Cc1ccc(C(=O)N2CCCCC2)cc1.Cc1ccc(F)c(C(=O)N2CCOCC2)c1. The monoisotopic (exact) mass is 426 g/mol. The van der Waals surface area contributed by atoms with Gasteiger partial charge >= 0.3 is 0 Å². The van der Waals surface area contributed by atoms with E-state index in [1.807, 2.05) is 43.0 Å². The molecule has 2 heterocycles. The Hall–Kier alpha value is -2.73. The van der Waals surface area contributed by atoms with Gasteiger partial charge < -0.3 is 14.5 Å². The van der Waals surface area contributed by atoms with E-state index >= 15 is 0 Å². The Morgan fingerprint density at radius 1 is 0.774 bits per heavy atom. The fourth-order valence-electron chi connectivity index (χ4n) is 3.72. The second kappa shape index (κ2) is 11.0. The van der Waals surface area contributed by atoms with Gasteiger partial charge in [0, 0.05) is 31.7 Å². The minimum atomic E-state index is -0.456. The molecule has 0 bridgehead atoms. The maximum atomic E-state index is 13.5. The predicted molar refractivity (Wildman–Crippen MR) is 119 cm³/mol. The molecule has 6 heteroatoms. The van der Waals surface area contributed by atoms with E-state index in [4.69, 9.17) is 4.74 Å². The predicted octanol–water partition coefficient (Wildman–Crippen LogP) is 4.23. The molecule has 0 spiro atoms. The minimum absolute atomic E-state index is 0.155. The third-order valence-corrected chi connectivity index (χ3v) is 5.59. The van der Waals surface area contributed by atoms with Crippen molar-refractivity contribution >= 4 is 11.8 Å². The Bertz CT molecular complexity index is 886. The highest BCUT2D eigenvalue weighted by Gasteiger charge is 2.21. The lowest BCUT2D eigenvalue weighted by Gasteiger charge is -2.27. The van der Waals surface area contributed by atoms with Crippen molar-refractivity contribution in [3.8, 4) is 0 Å². The molecule has 166 valence electrons. The maximum Gasteiger partial charge on any atom is 0.256 e. The second-order valence-corrected chi connectivity index (χ2v) is 8.11. The van der Waals surface area contributed by atoms with E-state index in [0.29, 0.717) is 26.3 Å². The van der Waals surface area contributed by atoms with E-state index in [0.717, 1.165) is 37.1 Å². The number of likely N-dealkylation sites (tertiary alicyclic amines) is 1. The Morgan fingerprint density at radius 2 is 1.35 bits per heavy atom. The van der Waals surface area contributed by atoms with Crippen LogP contribution in [0.15, 0.2) is 42.5 Å². The zero-order chi connectivity index (χ0) is 22.2. The highest BCUT2D eigenvalue weighted by atomic mass is 19.1. The lowest BCUT2D eigenvalue weighted by molar-refractivity contribution is 0.0300. The van der Waals surface area contributed by atoms with Crippen molar-refractivity contribution in [2.24, 2.45) is 0 Å². The smallest absolute Gasteiger partial charge is 0.256 e. The normalized spacial score (nSPS) is 16.4. The third kappa shape index (κ3) is 6.37. The average Bonchev–Trinajstić information content (AvgIpc) is 2.82. The van der Waals surface area contributed by atoms with E-state index in [1.165, 1.54) is 18.1 Å². The number of morpholine rings is 1. The Labute approximate surface area is 183 Å². The number of carbonyl (C=O) groups excluding carboxylic acids is 2. The van der Waals surface area contributed by atoms with Crippen LogP contribution in [0.2, 0.25) is 0 Å². The highest BCUT2D eigenvalue weighted by molar-refractivity contribution is 5.95. The number of amides is 2. The Kier molecular flexibility index (Phi) is 8.18. The number of aryl methyl sites for hydroxylation is 2. The van der Waals surface area contributed by atoms with Crippen molar-refractivity contribution in [2.45, 2.75) is 33.1 Å². The summed E-state index contributed by atoms with van der Waals surface area (Å²) in [7, 11) is 0. The Balaban J connectivity index is 0.000000176. The van der Waals surface area contributed by atoms with E-state index in [1.54, 1.807) is 17.0 Å². The van der Waals surface area contributed by atoms with Crippen LogP contribution in [0, 0.1) is 19.7 Å². The molecule has 31 heavy (non-hydrogen) atoms. The van der Waals surface area contributed by atoms with Gasteiger partial charge in [0.15, 0.2) is 0 Å². The molecule has 0 N–H and O–H groups in total. The summed E-state index contributed by atoms with van der Waals surface area (Å²) < 4.78 is 18.6. The van der Waals surface area contributed by atoms with Gasteiger partial charge in [0.2, 0.25) is 0 Å². The van der Waals surface area contributed by atoms with Crippen LogP contribution in [0.1, 0.15) is 51.1 Å². The number of hydrogen-bond acceptors (Lipinski definition) is 3. The topological polar surface area (TPSA) is 49.9 Å². The minimum Gasteiger partial charge on any atom is -0.378 e. The van der Waals surface area contributed by atoms with Gasteiger partial charge in [0.05, 0.1) is 18.8 Å². The number of halogens is 1. The summed E-state index contributed by atoms with van der Waals surface area (Å²) in [6, 6.07) is 12.4. The quantitative estimate of drug-likeness (QED) is 0.722. The van der Waals surface area contributed by atoms with Crippen molar-refractivity contribution in [3.05, 3.63) is 70.5 Å². The lowest BCUT2D eigenvalue weighted by Crippen LogP contribution is -2.41. The van der Waals surface area contributed by atoms with Gasteiger partial charge in [-0.2, -0.15) is 0 Å². The summed E-state index contributed by atoms with van der Waals surface area (Å²) in [5.41, 5.74) is 3.06. The standard InChI is InChI=1S/C13H17NO.C12H14FNO2/c1-11-5-7-12(8-6-11)13(15)14-9-3-2-4-10-14;1-9-2-3-11(13)10(8-9)12(15)14-4-6-16-7-5-14/h5-8H,2-4,9-10H2,1H3;2-3,8H,4-7H2,1H3. The number of rotatable bonds is 2. The first-order chi connectivity index (χ1) is 15.0. The molecule has 0 unspecified atom stereocenters. The molecule has 0 saturated carbocycles. The van der Waals surface area contributed by atoms with Crippen molar-refractivity contribution in [1.82, 2.24) is 9.80 Å². The largest absolute Gasteiger partial charge is 0.378 e. The molecule has 2 aliphatic heterocycles. The molecule has 2 amide bonds. The fourth-order valence-corrected chi connectivity index (χ4v) is 3.72. The number of piperidine rings is 1. The first kappa shape index (κ1) is 22.9. The molecule has 2 aliphatic rings. The van der Waals surface area contributed by atoms with E-state index < -0.39 is 5.82 Å². The highest BCUT2D eigenvalue weighted by Crippen LogP contribution is 2.14. The summed E-state index contributed by atoms with van der Waals surface area (Å²) in [5.74, 6) is -0.513. The van der Waals surface area contributed by atoms with Crippen LogP contribution in [-0.2, 0) is 4.74 Å². The zero-order valence-corrected chi connectivity index (χ0v) is 18.4. The molecule has 5 nitrogen and oxygen atoms in total. The van der Waals surface area contributed by atoms with E-state index in [9.17, 15) is 14.0 Å².